The van der Waals surface area contributed by atoms with Crippen molar-refractivity contribution in [3.63, 3.8) is 0 Å². The van der Waals surface area contributed by atoms with Crippen molar-refractivity contribution in [3.05, 3.63) is 23.8 Å². The van der Waals surface area contributed by atoms with Crippen LogP contribution in [0.15, 0.2) is 23.1 Å². The Morgan fingerprint density at radius 3 is 2.15 bits per heavy atom. The van der Waals surface area contributed by atoms with E-state index in [4.69, 9.17) is 14.0 Å². The van der Waals surface area contributed by atoms with Crippen molar-refractivity contribution in [1.82, 2.24) is 4.31 Å². The number of sulfonamides is 1. The van der Waals surface area contributed by atoms with E-state index >= 15 is 0 Å². The van der Waals surface area contributed by atoms with Gasteiger partial charge in [-0.15, -0.1) is 0 Å². The molecule has 3 rings (SSSR count). The molecule has 0 aromatic heterocycles. The van der Waals surface area contributed by atoms with Crippen LogP contribution < -0.4 is 5.46 Å². The molecule has 150 valence electrons. The fraction of sp³-hybridized carbons (Fsp3) is 0.684. The molecule has 0 N–H and O–H groups in total. The Bertz CT molecular complexity index is 784. The summed E-state index contributed by atoms with van der Waals surface area (Å²) in [7, 11) is -2.47. The first-order valence-electron chi connectivity index (χ1n) is 9.46. The number of benzene rings is 1. The molecule has 0 saturated carbocycles. The number of nitrogens with zero attached hydrogens (tertiary/aromatic N) is 1. The van der Waals surface area contributed by atoms with E-state index in [1.54, 1.807) is 23.5 Å². The van der Waals surface area contributed by atoms with Crippen LogP contribution in [0.25, 0.3) is 0 Å². The van der Waals surface area contributed by atoms with Crippen LogP contribution in [0.3, 0.4) is 0 Å². The van der Waals surface area contributed by atoms with Gasteiger partial charge in [0.25, 0.3) is 0 Å². The lowest BCUT2D eigenvalue weighted by Gasteiger charge is -2.32. The predicted octanol–water partition coefficient (Wildman–Crippen LogP) is 2.09. The minimum absolute atomic E-state index is 0.134. The Hall–Kier alpha value is -0.925. The highest BCUT2D eigenvalue weighted by Crippen LogP contribution is 2.36. The summed E-state index contributed by atoms with van der Waals surface area (Å²) < 4.78 is 45.4. The third kappa shape index (κ3) is 3.96. The van der Waals surface area contributed by atoms with Crippen LogP contribution in [0.1, 0.15) is 46.1 Å². The molecule has 2 aliphatic rings. The smallest absolute Gasteiger partial charge is 0.399 e. The Balaban J connectivity index is 1.88. The van der Waals surface area contributed by atoms with Crippen molar-refractivity contribution in [1.29, 1.82) is 0 Å². The Morgan fingerprint density at radius 1 is 1.07 bits per heavy atom. The van der Waals surface area contributed by atoms with E-state index in [-0.39, 0.29) is 6.10 Å². The molecule has 0 atom stereocenters. The van der Waals surface area contributed by atoms with Gasteiger partial charge in [0.1, 0.15) is 0 Å². The first kappa shape index (κ1) is 20.8. The van der Waals surface area contributed by atoms with Crippen LogP contribution >= 0.6 is 0 Å². The SMILES string of the molecule is COC1CCN(S(=O)(=O)c2cc(C)cc(B3OC(C)(C)C(C)(C)O3)c2)CC1. The fourth-order valence-electron chi connectivity index (χ4n) is 3.50. The molecule has 2 heterocycles. The quantitative estimate of drug-likeness (QED) is 0.731. The third-order valence-corrected chi connectivity index (χ3v) is 7.85. The molecule has 0 amide bonds. The zero-order valence-corrected chi connectivity index (χ0v) is 17.9. The molecule has 2 aliphatic heterocycles. The summed E-state index contributed by atoms with van der Waals surface area (Å²) in [5.74, 6) is 0. The maximum atomic E-state index is 13.2. The van der Waals surface area contributed by atoms with Gasteiger partial charge in [0.05, 0.1) is 22.2 Å². The zero-order chi connectivity index (χ0) is 20.0. The number of methoxy groups -OCH3 is 1. The molecule has 0 spiro atoms. The molecule has 6 nitrogen and oxygen atoms in total. The normalized spacial score (nSPS) is 23.7. The molecule has 2 saturated heterocycles. The third-order valence-electron chi connectivity index (χ3n) is 5.97. The monoisotopic (exact) mass is 395 g/mol. The number of rotatable bonds is 4. The second-order valence-corrected chi connectivity index (χ2v) is 10.4. The lowest BCUT2D eigenvalue weighted by Crippen LogP contribution is -2.41. The molecular formula is C19H30BNO5S. The first-order chi connectivity index (χ1) is 12.5. The number of hydrogen-bond donors (Lipinski definition) is 0. The van der Waals surface area contributed by atoms with Crippen LogP contribution in [0.5, 0.6) is 0 Å². The van der Waals surface area contributed by atoms with E-state index in [1.807, 2.05) is 40.7 Å². The van der Waals surface area contributed by atoms with Crippen molar-refractivity contribution >= 4 is 22.6 Å². The minimum Gasteiger partial charge on any atom is -0.399 e. The molecule has 0 unspecified atom stereocenters. The summed E-state index contributed by atoms with van der Waals surface area (Å²) in [5.41, 5.74) is 0.664. The van der Waals surface area contributed by atoms with E-state index in [2.05, 4.69) is 0 Å². The molecule has 27 heavy (non-hydrogen) atoms. The van der Waals surface area contributed by atoms with Gasteiger partial charge in [-0.3, -0.25) is 0 Å². The summed E-state index contributed by atoms with van der Waals surface area (Å²) in [5, 5.41) is 0. The van der Waals surface area contributed by atoms with Crippen molar-refractivity contribution in [2.75, 3.05) is 20.2 Å². The van der Waals surface area contributed by atoms with Gasteiger partial charge >= 0.3 is 7.12 Å². The highest BCUT2D eigenvalue weighted by molar-refractivity contribution is 7.89. The van der Waals surface area contributed by atoms with Crippen LogP contribution in [-0.2, 0) is 24.1 Å². The van der Waals surface area contributed by atoms with Crippen molar-refractivity contribution in [2.24, 2.45) is 0 Å². The van der Waals surface area contributed by atoms with Gasteiger partial charge in [0.2, 0.25) is 10.0 Å². The second-order valence-electron chi connectivity index (χ2n) is 8.51. The van der Waals surface area contributed by atoms with Gasteiger partial charge < -0.3 is 14.0 Å². The maximum Gasteiger partial charge on any atom is 0.494 e. The summed E-state index contributed by atoms with van der Waals surface area (Å²) in [4.78, 5) is 0.295. The van der Waals surface area contributed by atoms with Gasteiger partial charge in [-0.25, -0.2) is 8.42 Å². The highest BCUT2D eigenvalue weighted by Gasteiger charge is 2.52. The lowest BCUT2D eigenvalue weighted by atomic mass is 9.78. The minimum atomic E-state index is -3.56. The molecular weight excluding hydrogens is 365 g/mol. The average Bonchev–Trinajstić information content (AvgIpc) is 2.82. The van der Waals surface area contributed by atoms with E-state index in [1.165, 1.54) is 0 Å². The van der Waals surface area contributed by atoms with Crippen molar-refractivity contribution in [2.45, 2.75) is 69.7 Å². The number of hydrogen-bond acceptors (Lipinski definition) is 5. The molecule has 2 fully saturated rings. The topological polar surface area (TPSA) is 65.1 Å². The van der Waals surface area contributed by atoms with Gasteiger partial charge in [-0.05, 0) is 65.1 Å². The van der Waals surface area contributed by atoms with Crippen molar-refractivity contribution in [3.8, 4) is 0 Å². The maximum absolute atomic E-state index is 13.2. The zero-order valence-electron chi connectivity index (χ0n) is 17.1. The predicted molar refractivity (Wildman–Crippen MR) is 106 cm³/mol. The molecule has 1 aromatic rings. The Labute approximate surface area is 163 Å². The molecule has 8 heteroatoms. The number of ether oxygens (including phenoxy) is 1. The molecule has 0 bridgehead atoms. The van der Waals surface area contributed by atoms with E-state index < -0.39 is 28.3 Å². The van der Waals surface area contributed by atoms with Gasteiger partial charge in [-0.2, -0.15) is 4.31 Å². The van der Waals surface area contributed by atoms with Crippen LogP contribution in [0, 0.1) is 6.92 Å². The number of piperidine rings is 1. The second kappa shape index (κ2) is 7.15. The lowest BCUT2D eigenvalue weighted by molar-refractivity contribution is 0.00578. The van der Waals surface area contributed by atoms with E-state index in [0.29, 0.717) is 30.8 Å². The standard InChI is InChI=1S/C19H30BNO5S/c1-14-11-15(20-25-18(2,3)19(4,5)26-20)13-17(12-14)27(22,23)21-9-7-16(24-6)8-10-21/h11-13,16H,7-10H2,1-6H3. The van der Waals surface area contributed by atoms with Crippen molar-refractivity contribution < 1.29 is 22.5 Å². The molecule has 0 radical (unpaired) electrons. The molecule has 0 aliphatic carbocycles. The first-order valence-corrected chi connectivity index (χ1v) is 10.9. The summed E-state index contributed by atoms with van der Waals surface area (Å²) in [6.07, 6.45) is 1.56. The summed E-state index contributed by atoms with van der Waals surface area (Å²) in [6.45, 7) is 10.8. The fourth-order valence-corrected chi connectivity index (χ4v) is 5.11. The Kier molecular flexibility index (Phi) is 5.51. The average molecular weight is 395 g/mol. The largest absolute Gasteiger partial charge is 0.494 e. The highest BCUT2D eigenvalue weighted by atomic mass is 32.2. The van der Waals surface area contributed by atoms with E-state index in [0.717, 1.165) is 11.0 Å². The van der Waals surface area contributed by atoms with Gasteiger partial charge in [0, 0.05) is 20.2 Å². The van der Waals surface area contributed by atoms with E-state index in [9.17, 15) is 8.42 Å². The van der Waals surface area contributed by atoms with Crippen LogP contribution in [0.4, 0.5) is 0 Å². The van der Waals surface area contributed by atoms with Gasteiger partial charge in [0.15, 0.2) is 0 Å². The van der Waals surface area contributed by atoms with Crippen LogP contribution in [-0.4, -0.2) is 57.3 Å². The summed E-state index contributed by atoms with van der Waals surface area (Å²) in [6, 6.07) is 5.33. The number of aryl methyl sites for hydroxylation is 1. The summed E-state index contributed by atoms with van der Waals surface area (Å²) >= 11 is 0. The Morgan fingerprint density at radius 2 is 1.63 bits per heavy atom. The van der Waals surface area contributed by atoms with Crippen LogP contribution in [0.2, 0.25) is 0 Å². The molecule has 1 aromatic carbocycles. The van der Waals surface area contributed by atoms with Gasteiger partial charge in [-0.1, -0.05) is 11.6 Å².